The molecule has 7 nitrogen and oxygen atoms in total. The number of carbonyl (C=O) groups is 1. The van der Waals surface area contributed by atoms with Crippen LogP contribution in [0.3, 0.4) is 0 Å². The molecule has 8 heteroatoms. The quantitative estimate of drug-likeness (QED) is 0.553. The number of hydrazone groups is 1. The van der Waals surface area contributed by atoms with E-state index in [0.717, 1.165) is 0 Å². The van der Waals surface area contributed by atoms with E-state index >= 15 is 0 Å². The van der Waals surface area contributed by atoms with Crippen LogP contribution in [0.25, 0.3) is 0 Å². The highest BCUT2D eigenvalue weighted by molar-refractivity contribution is 7.72. The third kappa shape index (κ3) is 2.19. The molecule has 0 aromatic rings. The first-order chi connectivity index (χ1) is 7.09. The van der Waals surface area contributed by atoms with Crippen LogP contribution in [0.2, 0.25) is 0 Å². The number of esters is 1. The lowest BCUT2D eigenvalue weighted by Gasteiger charge is -2.16. The summed E-state index contributed by atoms with van der Waals surface area (Å²) in [5.74, 6) is -1.24. The summed E-state index contributed by atoms with van der Waals surface area (Å²) in [5, 5.41) is 3.75. The maximum Gasteiger partial charge on any atom is 0.377 e. The van der Waals surface area contributed by atoms with Gasteiger partial charge in [-0.3, -0.25) is 9.36 Å². The Bertz CT molecular complexity index is 321. The Balaban J connectivity index is 2.94. The van der Waals surface area contributed by atoms with Crippen molar-refractivity contribution < 1.29 is 23.1 Å². The lowest BCUT2D eigenvalue weighted by Crippen LogP contribution is -2.27. The number of methoxy groups -OCH3 is 1. The first kappa shape index (κ1) is 12.2. The Hall–Kier alpha value is -0.910. The van der Waals surface area contributed by atoms with E-state index < -0.39 is 19.5 Å². The molecule has 0 aromatic heterocycles. The van der Waals surface area contributed by atoms with E-state index in [1.165, 1.54) is 21.3 Å². The molecule has 1 heterocycles. The lowest BCUT2D eigenvalue weighted by atomic mass is 10.2. The summed E-state index contributed by atoms with van der Waals surface area (Å²) in [4.78, 5) is 11.3. The molecule has 0 spiro atoms. The lowest BCUT2D eigenvalue weighted by molar-refractivity contribution is -0.142. The topological polar surface area (TPSA) is 86.2 Å². The second kappa shape index (κ2) is 4.74. The SMILES string of the molecule is COC(=O)C1CNN=C1P(=O)(OC)OC. The molecule has 1 N–H and O–H groups in total. The van der Waals surface area contributed by atoms with E-state index in [1.54, 1.807) is 0 Å². The van der Waals surface area contributed by atoms with Gasteiger partial charge in [0.15, 0.2) is 5.45 Å². The van der Waals surface area contributed by atoms with Crippen LogP contribution in [-0.2, 0) is 23.1 Å². The average molecular weight is 236 g/mol. The number of ether oxygens (including phenoxy) is 1. The third-order valence-electron chi connectivity index (χ3n) is 2.05. The summed E-state index contributed by atoms with van der Waals surface area (Å²) >= 11 is 0. The second-order valence-electron chi connectivity index (χ2n) is 2.77. The van der Waals surface area contributed by atoms with Gasteiger partial charge >= 0.3 is 13.6 Å². The summed E-state index contributed by atoms with van der Waals surface area (Å²) < 4.78 is 26.0. The van der Waals surface area contributed by atoms with Gasteiger partial charge in [-0.15, -0.1) is 0 Å². The predicted molar refractivity (Wildman–Crippen MR) is 52.6 cm³/mol. The zero-order valence-corrected chi connectivity index (χ0v) is 9.61. The Morgan fingerprint density at radius 1 is 1.47 bits per heavy atom. The van der Waals surface area contributed by atoms with Crippen LogP contribution in [0.5, 0.6) is 0 Å². The Labute approximate surface area is 87.3 Å². The molecule has 1 atom stereocenters. The van der Waals surface area contributed by atoms with Crippen molar-refractivity contribution in [3.05, 3.63) is 0 Å². The molecule has 0 fully saturated rings. The monoisotopic (exact) mass is 236 g/mol. The van der Waals surface area contributed by atoms with Gasteiger partial charge in [0.25, 0.3) is 0 Å². The largest absolute Gasteiger partial charge is 0.468 e. The molecule has 0 radical (unpaired) electrons. The fraction of sp³-hybridized carbons (Fsp3) is 0.714. The zero-order chi connectivity index (χ0) is 11.5. The molecular formula is C7H13N2O5P. The number of rotatable bonds is 4. The Kier molecular flexibility index (Phi) is 3.84. The van der Waals surface area contributed by atoms with Gasteiger partial charge in [0.2, 0.25) is 0 Å². The normalized spacial score (nSPS) is 20.7. The van der Waals surface area contributed by atoms with Gasteiger partial charge in [0.05, 0.1) is 13.7 Å². The third-order valence-corrected chi connectivity index (χ3v) is 3.98. The zero-order valence-electron chi connectivity index (χ0n) is 8.72. The maximum atomic E-state index is 12.0. The molecule has 15 heavy (non-hydrogen) atoms. The highest BCUT2D eigenvalue weighted by atomic mass is 31.2. The number of hydrogen-bond acceptors (Lipinski definition) is 7. The van der Waals surface area contributed by atoms with Gasteiger partial charge in [0.1, 0.15) is 5.92 Å². The first-order valence-electron chi connectivity index (χ1n) is 4.19. The van der Waals surface area contributed by atoms with Crippen LogP contribution in [0.1, 0.15) is 0 Å². The average Bonchev–Trinajstić information content (AvgIpc) is 2.76. The molecule has 0 bridgehead atoms. The summed E-state index contributed by atoms with van der Waals surface area (Å²) in [7, 11) is 0.259. The fourth-order valence-corrected chi connectivity index (χ4v) is 2.53. The van der Waals surface area contributed by atoms with E-state index in [1.807, 2.05) is 0 Å². The minimum Gasteiger partial charge on any atom is -0.468 e. The van der Waals surface area contributed by atoms with Crippen molar-refractivity contribution in [2.24, 2.45) is 11.0 Å². The minimum atomic E-state index is -3.47. The van der Waals surface area contributed by atoms with Crippen LogP contribution in [0.15, 0.2) is 5.10 Å². The maximum absolute atomic E-state index is 12.0. The number of nitrogens with zero attached hydrogens (tertiary/aromatic N) is 1. The summed E-state index contributed by atoms with van der Waals surface area (Å²) in [5.41, 5.74) is 2.62. The summed E-state index contributed by atoms with van der Waals surface area (Å²) in [6.45, 7) is 0.235. The first-order valence-corrected chi connectivity index (χ1v) is 5.73. The van der Waals surface area contributed by atoms with Crippen LogP contribution in [-0.4, -0.2) is 39.3 Å². The molecule has 0 aromatic carbocycles. The number of nitrogens with one attached hydrogen (secondary N) is 1. The molecule has 0 amide bonds. The Morgan fingerprint density at radius 2 is 2.07 bits per heavy atom. The van der Waals surface area contributed by atoms with Gasteiger partial charge in [0, 0.05) is 14.2 Å². The number of carbonyl (C=O) groups excluding carboxylic acids is 1. The van der Waals surface area contributed by atoms with E-state index in [9.17, 15) is 9.36 Å². The van der Waals surface area contributed by atoms with E-state index in [4.69, 9.17) is 9.05 Å². The van der Waals surface area contributed by atoms with Gasteiger partial charge in [-0.2, -0.15) is 5.10 Å². The highest BCUT2D eigenvalue weighted by Crippen LogP contribution is 2.51. The molecule has 0 saturated heterocycles. The Morgan fingerprint density at radius 3 is 2.53 bits per heavy atom. The van der Waals surface area contributed by atoms with Crippen molar-refractivity contribution in [1.29, 1.82) is 0 Å². The van der Waals surface area contributed by atoms with E-state index in [2.05, 4.69) is 15.3 Å². The predicted octanol–water partition coefficient (Wildman–Crippen LogP) is 0.178. The van der Waals surface area contributed by atoms with Crippen molar-refractivity contribution in [3.63, 3.8) is 0 Å². The molecule has 1 aliphatic heterocycles. The van der Waals surface area contributed by atoms with Crippen molar-refractivity contribution in [2.45, 2.75) is 0 Å². The second-order valence-corrected chi connectivity index (χ2v) is 4.95. The van der Waals surface area contributed by atoms with E-state index in [0.29, 0.717) is 0 Å². The van der Waals surface area contributed by atoms with Crippen LogP contribution < -0.4 is 5.43 Å². The van der Waals surface area contributed by atoms with Gasteiger partial charge in [-0.25, -0.2) is 0 Å². The highest BCUT2D eigenvalue weighted by Gasteiger charge is 2.43. The standard InChI is InChI=1S/C7H13N2O5P/c1-12-7(10)5-4-8-9-6(5)15(11,13-2)14-3/h5,8H,4H2,1-3H3. The molecule has 0 saturated carbocycles. The van der Waals surface area contributed by atoms with E-state index in [-0.39, 0.29) is 12.0 Å². The van der Waals surface area contributed by atoms with Crippen LogP contribution >= 0.6 is 7.60 Å². The molecule has 1 rings (SSSR count). The molecule has 0 aliphatic carbocycles. The summed E-state index contributed by atoms with van der Waals surface area (Å²) in [6.07, 6.45) is 0. The van der Waals surface area contributed by atoms with Gasteiger partial charge in [-0.05, 0) is 0 Å². The van der Waals surface area contributed by atoms with Gasteiger partial charge in [-0.1, -0.05) is 0 Å². The minimum absolute atomic E-state index is 0.0550. The molecule has 86 valence electrons. The van der Waals surface area contributed by atoms with Crippen LogP contribution in [0.4, 0.5) is 0 Å². The van der Waals surface area contributed by atoms with Crippen LogP contribution in [0, 0.1) is 5.92 Å². The smallest absolute Gasteiger partial charge is 0.377 e. The van der Waals surface area contributed by atoms with Crippen molar-refractivity contribution in [1.82, 2.24) is 5.43 Å². The molecular weight excluding hydrogens is 223 g/mol. The molecule has 1 unspecified atom stereocenters. The summed E-state index contributed by atoms with van der Waals surface area (Å²) in [6, 6.07) is 0. The van der Waals surface area contributed by atoms with Gasteiger partial charge < -0.3 is 19.2 Å². The van der Waals surface area contributed by atoms with Crippen molar-refractivity contribution >= 4 is 19.0 Å². The number of hydrogen-bond donors (Lipinski definition) is 1. The fourth-order valence-electron chi connectivity index (χ4n) is 1.23. The van der Waals surface area contributed by atoms with Crippen molar-refractivity contribution in [3.8, 4) is 0 Å². The van der Waals surface area contributed by atoms with Crippen molar-refractivity contribution in [2.75, 3.05) is 27.9 Å². The molecule has 1 aliphatic rings.